The summed E-state index contributed by atoms with van der Waals surface area (Å²) in [6, 6.07) is 2.61. The average Bonchev–Trinajstić information content (AvgIpc) is 3.10. The van der Waals surface area contributed by atoms with Gasteiger partial charge in [0.1, 0.15) is 9.84 Å². The van der Waals surface area contributed by atoms with Crippen molar-refractivity contribution >= 4 is 9.84 Å². The Labute approximate surface area is 116 Å². The number of rotatable bonds is 8. The number of nitrogens with one attached hydrogen (secondary N) is 1. The zero-order valence-corrected chi connectivity index (χ0v) is 12.6. The molecule has 1 aromatic rings. The summed E-state index contributed by atoms with van der Waals surface area (Å²) >= 11 is 0. The first kappa shape index (κ1) is 14.6. The first-order chi connectivity index (χ1) is 9.05. The molecule has 1 saturated carbocycles. The summed E-state index contributed by atoms with van der Waals surface area (Å²) in [6.45, 7) is 2.48. The molecule has 1 N–H and O–H groups in total. The minimum absolute atomic E-state index is 0.243. The van der Waals surface area contributed by atoms with Gasteiger partial charge in [-0.05, 0) is 43.9 Å². The molecule has 0 radical (unpaired) electrons. The van der Waals surface area contributed by atoms with Crippen molar-refractivity contribution in [3.05, 3.63) is 24.0 Å². The summed E-state index contributed by atoms with van der Waals surface area (Å²) in [5.74, 6) is 1.31. The average molecular weight is 284 g/mol. The Kier molecular flexibility index (Phi) is 4.68. The lowest BCUT2D eigenvalue weighted by atomic mass is 10.1. The van der Waals surface area contributed by atoms with E-state index in [0.29, 0.717) is 12.5 Å². The summed E-state index contributed by atoms with van der Waals surface area (Å²) in [5.41, 5.74) is 1.32. The normalized spacial score (nSPS) is 17.6. The Bertz CT molecular complexity index is 503. The Morgan fingerprint density at radius 2 is 2.21 bits per heavy atom. The molecule has 108 valence electrons. The lowest BCUT2D eigenvalue weighted by Gasteiger charge is -2.13. The number of sulfone groups is 1. The maximum absolute atomic E-state index is 11.4. The molecule has 0 aliphatic heterocycles. The van der Waals surface area contributed by atoms with Crippen molar-refractivity contribution in [2.75, 3.05) is 18.6 Å². The predicted molar refractivity (Wildman–Crippen MR) is 77.9 cm³/mol. The molecule has 1 aliphatic rings. The fraction of sp³-hybridized carbons (Fsp3) is 0.714. The van der Waals surface area contributed by atoms with Crippen LogP contribution in [0.15, 0.2) is 18.5 Å². The highest BCUT2D eigenvalue weighted by molar-refractivity contribution is 7.91. The highest BCUT2D eigenvalue weighted by Crippen LogP contribution is 2.40. The summed E-state index contributed by atoms with van der Waals surface area (Å²) in [7, 11) is -0.825. The van der Waals surface area contributed by atoms with Crippen LogP contribution in [-0.4, -0.2) is 31.5 Å². The molecule has 4 nitrogen and oxygen atoms in total. The third kappa shape index (κ3) is 4.08. The molecule has 5 heteroatoms. The Balaban J connectivity index is 1.87. The molecule has 2 rings (SSSR count). The minimum atomic E-state index is -2.83. The molecule has 19 heavy (non-hydrogen) atoms. The van der Waals surface area contributed by atoms with Gasteiger partial charge in [-0.25, -0.2) is 8.42 Å². The lowest BCUT2D eigenvalue weighted by molar-refractivity contribution is 0.527. The number of hydrogen-bond donors (Lipinski definition) is 1. The molecule has 1 atom stereocenters. The monoisotopic (exact) mass is 284 g/mol. The van der Waals surface area contributed by atoms with Gasteiger partial charge < -0.3 is 9.88 Å². The third-order valence-electron chi connectivity index (χ3n) is 3.85. The van der Waals surface area contributed by atoms with Crippen LogP contribution < -0.4 is 5.32 Å². The second kappa shape index (κ2) is 6.09. The number of hydrogen-bond acceptors (Lipinski definition) is 3. The van der Waals surface area contributed by atoms with Crippen LogP contribution in [0.2, 0.25) is 0 Å². The van der Waals surface area contributed by atoms with Crippen LogP contribution in [0.4, 0.5) is 0 Å². The van der Waals surface area contributed by atoms with Gasteiger partial charge in [-0.1, -0.05) is 6.92 Å². The van der Waals surface area contributed by atoms with E-state index in [1.54, 1.807) is 6.92 Å². The topological polar surface area (TPSA) is 51.1 Å². The van der Waals surface area contributed by atoms with E-state index in [9.17, 15) is 8.42 Å². The van der Waals surface area contributed by atoms with E-state index in [1.807, 2.05) is 7.05 Å². The van der Waals surface area contributed by atoms with E-state index in [4.69, 9.17) is 0 Å². The fourth-order valence-corrected chi connectivity index (χ4v) is 3.36. The Morgan fingerprint density at radius 3 is 2.79 bits per heavy atom. The van der Waals surface area contributed by atoms with Gasteiger partial charge in [-0.15, -0.1) is 0 Å². The largest absolute Gasteiger partial charge is 0.354 e. The fourth-order valence-electron chi connectivity index (χ4n) is 2.50. The molecule has 0 bridgehead atoms. The highest BCUT2D eigenvalue weighted by Gasteiger charge is 2.31. The number of nitrogens with zero attached hydrogens (tertiary/aromatic N) is 1. The molecule has 0 aromatic carbocycles. The molecule has 1 aromatic heterocycles. The summed E-state index contributed by atoms with van der Waals surface area (Å²) in [6.07, 6.45) is 7.52. The quantitative estimate of drug-likeness (QED) is 0.794. The van der Waals surface area contributed by atoms with Crippen molar-refractivity contribution < 1.29 is 8.42 Å². The molecule has 1 aliphatic carbocycles. The van der Waals surface area contributed by atoms with Gasteiger partial charge in [0.05, 0.1) is 5.75 Å². The van der Waals surface area contributed by atoms with Gasteiger partial charge in [-0.2, -0.15) is 0 Å². The van der Waals surface area contributed by atoms with Gasteiger partial charge in [0, 0.05) is 30.7 Å². The summed E-state index contributed by atoms with van der Waals surface area (Å²) in [5, 5.41) is 3.37. The molecular weight excluding hydrogens is 260 g/mol. The van der Waals surface area contributed by atoms with Gasteiger partial charge >= 0.3 is 0 Å². The van der Waals surface area contributed by atoms with Gasteiger partial charge in [0.25, 0.3) is 0 Å². The first-order valence-electron chi connectivity index (χ1n) is 7.09. The van der Waals surface area contributed by atoms with Crippen molar-refractivity contribution in [1.29, 1.82) is 0 Å². The van der Waals surface area contributed by atoms with Crippen LogP contribution in [0.5, 0.6) is 0 Å². The van der Waals surface area contributed by atoms with Crippen molar-refractivity contribution in [2.24, 2.45) is 5.92 Å². The van der Waals surface area contributed by atoms with E-state index in [-0.39, 0.29) is 11.5 Å². The van der Waals surface area contributed by atoms with Crippen LogP contribution in [0.1, 0.15) is 37.8 Å². The Morgan fingerprint density at radius 1 is 1.47 bits per heavy atom. The molecule has 0 saturated heterocycles. The van der Waals surface area contributed by atoms with E-state index in [0.717, 1.165) is 12.5 Å². The minimum Gasteiger partial charge on any atom is -0.354 e. The van der Waals surface area contributed by atoms with Gasteiger partial charge in [0.15, 0.2) is 0 Å². The number of aryl methyl sites for hydroxylation is 1. The molecule has 1 heterocycles. The van der Waals surface area contributed by atoms with E-state index in [1.165, 1.54) is 18.4 Å². The molecular formula is C14H24N2O2S. The van der Waals surface area contributed by atoms with Gasteiger partial charge in [-0.3, -0.25) is 0 Å². The van der Waals surface area contributed by atoms with E-state index >= 15 is 0 Å². The van der Waals surface area contributed by atoms with Crippen LogP contribution in [0.25, 0.3) is 0 Å². The van der Waals surface area contributed by atoms with Crippen molar-refractivity contribution in [1.82, 2.24) is 9.88 Å². The molecule has 1 fully saturated rings. The van der Waals surface area contributed by atoms with Crippen molar-refractivity contribution in [3.63, 3.8) is 0 Å². The molecule has 0 amide bonds. The zero-order valence-electron chi connectivity index (χ0n) is 11.8. The third-order valence-corrected chi connectivity index (χ3v) is 5.64. The summed E-state index contributed by atoms with van der Waals surface area (Å²) < 4.78 is 25.0. The van der Waals surface area contributed by atoms with Crippen LogP contribution in [0.3, 0.4) is 0 Å². The van der Waals surface area contributed by atoms with Crippen LogP contribution in [-0.2, 0) is 16.4 Å². The smallest absolute Gasteiger partial charge is 0.150 e. The van der Waals surface area contributed by atoms with E-state index in [2.05, 4.69) is 28.3 Å². The van der Waals surface area contributed by atoms with Crippen molar-refractivity contribution in [2.45, 2.75) is 38.8 Å². The maximum atomic E-state index is 11.4. The first-order valence-corrected chi connectivity index (χ1v) is 8.91. The van der Waals surface area contributed by atoms with E-state index < -0.39 is 9.84 Å². The van der Waals surface area contributed by atoms with Crippen molar-refractivity contribution in [3.8, 4) is 0 Å². The number of aromatic nitrogens is 1. The highest BCUT2D eigenvalue weighted by atomic mass is 32.2. The SMILES string of the molecule is CCS(=O)(=O)CCCn1ccc(C(NC)C2CC2)c1. The standard InChI is InChI=1S/C14H24N2O2S/c1-3-19(17,18)10-4-8-16-9-7-13(11-16)14(15-2)12-5-6-12/h7,9,11-12,14-15H,3-6,8,10H2,1-2H3. The summed E-state index contributed by atoms with van der Waals surface area (Å²) in [4.78, 5) is 0. The predicted octanol–water partition coefficient (Wildman–Crippen LogP) is 1.98. The zero-order chi connectivity index (χ0) is 13.9. The lowest BCUT2D eigenvalue weighted by Crippen LogP contribution is -2.17. The molecule has 1 unspecified atom stereocenters. The Hall–Kier alpha value is -0.810. The van der Waals surface area contributed by atoms with Crippen LogP contribution >= 0.6 is 0 Å². The second-order valence-electron chi connectivity index (χ2n) is 5.38. The van der Waals surface area contributed by atoms with Gasteiger partial charge in [0.2, 0.25) is 0 Å². The second-order valence-corrected chi connectivity index (χ2v) is 7.85. The molecule has 0 spiro atoms. The van der Waals surface area contributed by atoms with Crippen LogP contribution in [0, 0.1) is 5.92 Å². The maximum Gasteiger partial charge on any atom is 0.150 e.